The van der Waals surface area contributed by atoms with E-state index in [1.807, 2.05) is 34.1 Å². The van der Waals surface area contributed by atoms with Crippen LogP contribution >= 0.6 is 0 Å². The molecule has 0 radical (unpaired) electrons. The first-order valence-electron chi connectivity index (χ1n) is 8.95. The summed E-state index contributed by atoms with van der Waals surface area (Å²) in [5, 5.41) is 0. The number of benzene rings is 1. The molecule has 2 atom stereocenters. The minimum absolute atomic E-state index is 0.102. The van der Waals surface area contributed by atoms with Crippen molar-refractivity contribution in [1.82, 2.24) is 4.90 Å². The maximum Gasteiger partial charge on any atom is 0.251 e. The monoisotopic (exact) mass is 344 g/mol. The Hall–Kier alpha value is -2.08. The Morgan fingerprint density at radius 2 is 2.08 bits per heavy atom. The Morgan fingerprint density at radius 3 is 2.76 bits per heavy atom. The third-order valence-electron chi connectivity index (χ3n) is 5.66. The van der Waals surface area contributed by atoms with Crippen LogP contribution in [0.2, 0.25) is 0 Å². The van der Waals surface area contributed by atoms with E-state index < -0.39 is 0 Å². The van der Waals surface area contributed by atoms with Crippen LogP contribution in [0.1, 0.15) is 25.7 Å². The lowest BCUT2D eigenvalue weighted by Crippen LogP contribution is -2.39. The van der Waals surface area contributed by atoms with Gasteiger partial charge in [-0.3, -0.25) is 9.59 Å². The maximum absolute atomic E-state index is 12.6. The van der Waals surface area contributed by atoms with Crippen LogP contribution in [-0.4, -0.2) is 56.2 Å². The van der Waals surface area contributed by atoms with Crippen LogP contribution in [0.4, 0.5) is 5.69 Å². The third-order valence-corrected chi connectivity index (χ3v) is 5.66. The summed E-state index contributed by atoms with van der Waals surface area (Å²) in [6.07, 6.45) is 2.89. The van der Waals surface area contributed by atoms with Crippen molar-refractivity contribution in [3.8, 4) is 5.75 Å². The van der Waals surface area contributed by atoms with Gasteiger partial charge in [-0.2, -0.15) is 0 Å². The first-order chi connectivity index (χ1) is 12.1. The molecule has 134 valence electrons. The molecule has 2 amide bonds. The van der Waals surface area contributed by atoms with Gasteiger partial charge in [0.05, 0.1) is 7.11 Å². The highest BCUT2D eigenvalue weighted by Crippen LogP contribution is 2.42. The number of nitrogens with zero attached hydrogens (tertiary/aromatic N) is 2. The normalized spacial score (nSPS) is 29.0. The number of carbonyl (C=O) groups excluding carboxylic acids is 2. The first-order valence-corrected chi connectivity index (χ1v) is 8.95. The molecule has 3 saturated heterocycles. The van der Waals surface area contributed by atoms with Gasteiger partial charge in [-0.15, -0.1) is 0 Å². The van der Waals surface area contributed by atoms with Crippen LogP contribution in [0.15, 0.2) is 24.3 Å². The molecule has 25 heavy (non-hydrogen) atoms. The molecule has 1 aromatic rings. The van der Waals surface area contributed by atoms with Gasteiger partial charge >= 0.3 is 0 Å². The quantitative estimate of drug-likeness (QED) is 0.839. The van der Waals surface area contributed by atoms with Crippen molar-refractivity contribution in [2.45, 2.75) is 31.8 Å². The maximum atomic E-state index is 12.6. The molecular weight excluding hydrogens is 320 g/mol. The highest BCUT2D eigenvalue weighted by atomic mass is 16.5. The van der Waals surface area contributed by atoms with Gasteiger partial charge in [0, 0.05) is 43.8 Å². The summed E-state index contributed by atoms with van der Waals surface area (Å²) >= 11 is 0. The summed E-state index contributed by atoms with van der Waals surface area (Å²) in [5.74, 6) is 1.01. The molecule has 3 aliphatic rings. The molecule has 0 aliphatic carbocycles. The Bertz CT molecular complexity index is 669. The van der Waals surface area contributed by atoms with E-state index in [9.17, 15) is 9.59 Å². The number of methoxy groups -OCH3 is 1. The number of ether oxygens (including phenoxy) is 2. The van der Waals surface area contributed by atoms with Gasteiger partial charge in [0.25, 0.3) is 5.91 Å². The Kier molecular flexibility index (Phi) is 4.15. The fourth-order valence-electron chi connectivity index (χ4n) is 4.27. The van der Waals surface area contributed by atoms with Gasteiger partial charge in [0.2, 0.25) is 5.91 Å². The zero-order chi connectivity index (χ0) is 17.4. The summed E-state index contributed by atoms with van der Waals surface area (Å²) < 4.78 is 10.7. The molecule has 3 heterocycles. The van der Waals surface area contributed by atoms with Crippen molar-refractivity contribution >= 4 is 17.5 Å². The second-order valence-electron chi connectivity index (χ2n) is 7.37. The summed E-state index contributed by atoms with van der Waals surface area (Å²) in [5.41, 5.74) is 0.775. The molecule has 0 N–H and O–H groups in total. The van der Waals surface area contributed by atoms with E-state index in [1.54, 1.807) is 7.11 Å². The van der Waals surface area contributed by atoms with Crippen LogP contribution in [0.5, 0.6) is 5.75 Å². The predicted molar refractivity (Wildman–Crippen MR) is 92.6 cm³/mol. The number of amides is 2. The SMILES string of the molecule is COc1ccc(N2C[C@]3(CCN(C(=O)[C@H]4CCCO4)C3)CC2=O)cc1. The highest BCUT2D eigenvalue weighted by molar-refractivity contribution is 5.96. The molecular formula is C19H24N2O4. The van der Waals surface area contributed by atoms with E-state index in [0.29, 0.717) is 26.1 Å². The number of hydrogen-bond donors (Lipinski definition) is 0. The van der Waals surface area contributed by atoms with Crippen LogP contribution in [0.25, 0.3) is 0 Å². The Balaban J connectivity index is 1.45. The second kappa shape index (κ2) is 6.33. The Labute approximate surface area is 147 Å². The number of likely N-dealkylation sites (tertiary alicyclic amines) is 1. The molecule has 6 heteroatoms. The van der Waals surface area contributed by atoms with Gasteiger partial charge in [-0.25, -0.2) is 0 Å². The van der Waals surface area contributed by atoms with Crippen molar-refractivity contribution < 1.29 is 19.1 Å². The molecule has 0 saturated carbocycles. The average Bonchev–Trinajstić information content (AvgIpc) is 3.36. The fraction of sp³-hybridized carbons (Fsp3) is 0.579. The lowest BCUT2D eigenvalue weighted by atomic mass is 9.86. The smallest absolute Gasteiger partial charge is 0.251 e. The molecule has 1 aromatic carbocycles. The largest absolute Gasteiger partial charge is 0.497 e. The van der Waals surface area contributed by atoms with Gasteiger partial charge in [-0.1, -0.05) is 0 Å². The van der Waals surface area contributed by atoms with Crippen molar-refractivity contribution in [2.24, 2.45) is 5.41 Å². The fourth-order valence-corrected chi connectivity index (χ4v) is 4.27. The first kappa shape index (κ1) is 16.4. The van der Waals surface area contributed by atoms with E-state index in [0.717, 1.165) is 37.2 Å². The van der Waals surface area contributed by atoms with Crippen LogP contribution in [0, 0.1) is 5.41 Å². The molecule has 4 rings (SSSR count). The number of hydrogen-bond acceptors (Lipinski definition) is 4. The lowest BCUT2D eigenvalue weighted by molar-refractivity contribution is -0.140. The third kappa shape index (κ3) is 2.99. The van der Waals surface area contributed by atoms with E-state index in [4.69, 9.17) is 9.47 Å². The van der Waals surface area contributed by atoms with E-state index in [2.05, 4.69) is 0 Å². The molecule has 3 aliphatic heterocycles. The zero-order valence-corrected chi connectivity index (χ0v) is 14.6. The van der Waals surface area contributed by atoms with Crippen molar-refractivity contribution in [1.29, 1.82) is 0 Å². The van der Waals surface area contributed by atoms with Crippen LogP contribution < -0.4 is 9.64 Å². The summed E-state index contributed by atoms with van der Waals surface area (Å²) in [6, 6.07) is 7.57. The standard InChI is InChI=1S/C19H24N2O4/c1-24-15-6-4-14(5-7-15)21-13-19(11-17(21)22)8-9-20(12-19)18(23)16-3-2-10-25-16/h4-7,16H,2-3,8-13H2,1H3/t16-,19-/m1/s1. The minimum Gasteiger partial charge on any atom is -0.497 e. The summed E-state index contributed by atoms with van der Waals surface area (Å²) in [7, 11) is 1.63. The molecule has 0 aromatic heterocycles. The van der Waals surface area contributed by atoms with E-state index in [-0.39, 0.29) is 23.3 Å². The predicted octanol–water partition coefficient (Wildman–Crippen LogP) is 1.83. The van der Waals surface area contributed by atoms with Gasteiger partial charge in [0.1, 0.15) is 11.9 Å². The lowest BCUT2D eigenvalue weighted by Gasteiger charge is -2.25. The minimum atomic E-state index is -0.273. The van der Waals surface area contributed by atoms with E-state index in [1.165, 1.54) is 0 Å². The topological polar surface area (TPSA) is 59.1 Å². The van der Waals surface area contributed by atoms with Crippen molar-refractivity contribution in [3.63, 3.8) is 0 Å². The molecule has 3 fully saturated rings. The summed E-state index contributed by atoms with van der Waals surface area (Å²) in [6.45, 7) is 2.74. The van der Waals surface area contributed by atoms with Crippen molar-refractivity contribution in [2.75, 3.05) is 38.3 Å². The highest BCUT2D eigenvalue weighted by Gasteiger charge is 2.49. The Morgan fingerprint density at radius 1 is 1.28 bits per heavy atom. The van der Waals surface area contributed by atoms with Crippen LogP contribution in [0.3, 0.4) is 0 Å². The van der Waals surface area contributed by atoms with Gasteiger partial charge < -0.3 is 19.3 Å². The number of anilines is 1. The summed E-state index contributed by atoms with van der Waals surface area (Å²) in [4.78, 5) is 28.9. The second-order valence-corrected chi connectivity index (χ2v) is 7.37. The number of carbonyl (C=O) groups is 2. The zero-order valence-electron chi connectivity index (χ0n) is 14.6. The van der Waals surface area contributed by atoms with E-state index >= 15 is 0 Å². The number of rotatable bonds is 3. The molecule has 6 nitrogen and oxygen atoms in total. The van der Waals surface area contributed by atoms with Gasteiger partial charge in [0.15, 0.2) is 0 Å². The molecule has 0 unspecified atom stereocenters. The van der Waals surface area contributed by atoms with Crippen molar-refractivity contribution in [3.05, 3.63) is 24.3 Å². The molecule has 0 bridgehead atoms. The van der Waals surface area contributed by atoms with Gasteiger partial charge in [-0.05, 0) is 43.5 Å². The average molecular weight is 344 g/mol. The van der Waals surface area contributed by atoms with Crippen LogP contribution in [-0.2, 0) is 14.3 Å². The molecule has 1 spiro atoms.